The Labute approximate surface area is 123 Å². The number of ether oxygens (including phenoxy) is 2. The molecule has 0 aromatic heterocycles. The van der Waals surface area contributed by atoms with Gasteiger partial charge in [0.2, 0.25) is 0 Å². The van der Waals surface area contributed by atoms with Crippen LogP contribution in [-0.4, -0.2) is 54.7 Å². The van der Waals surface area contributed by atoms with Gasteiger partial charge >= 0.3 is 41.5 Å². The van der Waals surface area contributed by atoms with Crippen LogP contribution in [0.1, 0.15) is 34.6 Å². The van der Waals surface area contributed by atoms with E-state index in [-0.39, 0.29) is 53.9 Å². The van der Waals surface area contributed by atoms with Crippen LogP contribution in [0.2, 0.25) is 0 Å². The van der Waals surface area contributed by atoms with Crippen molar-refractivity contribution in [1.82, 2.24) is 0 Å². The Balaban J connectivity index is 0.00000256. The van der Waals surface area contributed by atoms with Crippen LogP contribution in [0.15, 0.2) is 24.3 Å². The summed E-state index contributed by atoms with van der Waals surface area (Å²) in [6.45, 7) is 3.97. The van der Waals surface area contributed by atoms with Crippen LogP contribution >= 0.6 is 0 Å². The van der Waals surface area contributed by atoms with E-state index in [4.69, 9.17) is 9.47 Å². The Morgan fingerprint density at radius 2 is 1.29 bits per heavy atom. The Hall–Kier alpha value is -0.840. The van der Waals surface area contributed by atoms with Gasteiger partial charge in [-0.15, -0.1) is 0 Å². The molecule has 1 aromatic carbocycles. The first-order valence-electron chi connectivity index (χ1n) is 5.14. The van der Waals surface area contributed by atoms with Crippen LogP contribution in [0.5, 0.6) is 0 Å². The molecule has 0 saturated carbocycles. The molecule has 88 valence electrons. The molecule has 1 aromatic rings. The fraction of sp³-hybridized carbons (Fsp3) is 0.333. The van der Waals surface area contributed by atoms with Gasteiger partial charge in [0.05, 0.1) is 24.3 Å². The molecule has 0 N–H and O–H groups in total. The number of benzene rings is 1. The molecular weight excluding hydrogens is 231 g/mol. The Morgan fingerprint density at radius 1 is 0.941 bits per heavy atom. The van der Waals surface area contributed by atoms with Crippen molar-refractivity contribution >= 4 is 41.5 Å². The molecule has 0 aliphatic carbocycles. The number of carbonyl (C=O) groups is 2. The predicted molar refractivity (Wildman–Crippen MR) is 65.5 cm³/mol. The van der Waals surface area contributed by atoms with Crippen molar-refractivity contribution in [2.45, 2.75) is 13.8 Å². The van der Waals surface area contributed by atoms with Gasteiger partial charge in [0.15, 0.2) is 0 Å². The molecule has 0 atom stereocenters. The molecule has 0 radical (unpaired) electrons. The van der Waals surface area contributed by atoms with E-state index in [0.29, 0.717) is 0 Å². The van der Waals surface area contributed by atoms with Crippen molar-refractivity contribution in [3.63, 3.8) is 0 Å². The summed E-state index contributed by atoms with van der Waals surface area (Å²) in [5, 5.41) is 0. The second kappa shape index (κ2) is 8.28. The van der Waals surface area contributed by atoms with Crippen LogP contribution in [0.3, 0.4) is 0 Å². The van der Waals surface area contributed by atoms with Crippen molar-refractivity contribution in [1.29, 1.82) is 0 Å². The molecule has 0 fully saturated rings. The molecule has 1 rings (SSSR count). The monoisotopic (exact) mass is 246 g/mol. The minimum absolute atomic E-state index is 0. The van der Waals surface area contributed by atoms with E-state index in [9.17, 15) is 9.59 Å². The third kappa shape index (κ3) is 4.50. The first-order chi connectivity index (χ1) is 7.70. The first-order valence-corrected chi connectivity index (χ1v) is 5.14. The topological polar surface area (TPSA) is 52.6 Å². The Bertz CT molecular complexity index is 353. The molecule has 0 aliphatic heterocycles. The van der Waals surface area contributed by atoms with Gasteiger partial charge < -0.3 is 9.47 Å². The minimum atomic E-state index is -0.508. The molecule has 0 bridgehead atoms. The van der Waals surface area contributed by atoms with Crippen LogP contribution in [0.4, 0.5) is 0 Å². The molecule has 17 heavy (non-hydrogen) atoms. The average Bonchev–Trinajstić information content (AvgIpc) is 2.30. The molecule has 0 spiro atoms. The summed E-state index contributed by atoms with van der Waals surface area (Å²) in [5.74, 6) is -1.02. The van der Waals surface area contributed by atoms with Crippen molar-refractivity contribution in [2.75, 3.05) is 13.2 Å². The zero-order valence-corrected chi connectivity index (χ0v) is 9.36. The number of esters is 2. The van der Waals surface area contributed by atoms with Crippen molar-refractivity contribution in [2.24, 2.45) is 0 Å². The number of hydrogen-bond acceptors (Lipinski definition) is 4. The van der Waals surface area contributed by atoms with Crippen molar-refractivity contribution < 1.29 is 19.1 Å². The van der Waals surface area contributed by atoms with Gasteiger partial charge in [0.1, 0.15) is 0 Å². The number of rotatable bonds is 4. The number of hydrogen-bond donors (Lipinski definition) is 0. The third-order valence-corrected chi connectivity index (χ3v) is 1.92. The van der Waals surface area contributed by atoms with E-state index in [2.05, 4.69) is 0 Å². The third-order valence-electron chi connectivity index (χ3n) is 1.92. The summed E-state index contributed by atoms with van der Waals surface area (Å²) in [4.78, 5) is 23.1. The zero-order valence-electron chi connectivity index (χ0n) is 9.36. The Morgan fingerprint density at radius 3 is 1.59 bits per heavy atom. The average molecular weight is 246 g/mol. The van der Waals surface area contributed by atoms with Gasteiger partial charge in [-0.05, 0) is 26.0 Å². The fourth-order valence-corrected chi connectivity index (χ4v) is 1.26. The van der Waals surface area contributed by atoms with Crippen LogP contribution < -0.4 is 0 Å². The fourth-order valence-electron chi connectivity index (χ4n) is 1.26. The molecule has 0 amide bonds. The molecular formula is C12H15NaO4. The van der Waals surface area contributed by atoms with E-state index < -0.39 is 11.9 Å². The maximum atomic E-state index is 11.5. The van der Waals surface area contributed by atoms with E-state index in [1.54, 1.807) is 38.1 Å². The van der Waals surface area contributed by atoms with Crippen LogP contribution in [-0.2, 0) is 9.47 Å². The SMILES string of the molecule is CCOC(=O)c1ccccc1C(=O)OCC.[NaH]. The van der Waals surface area contributed by atoms with Gasteiger partial charge in [0.25, 0.3) is 0 Å². The molecule has 0 heterocycles. The summed E-state index contributed by atoms with van der Waals surface area (Å²) in [5.41, 5.74) is 0.477. The van der Waals surface area contributed by atoms with Gasteiger partial charge in [-0.2, -0.15) is 0 Å². The quantitative estimate of drug-likeness (QED) is 0.595. The molecule has 4 nitrogen and oxygen atoms in total. The van der Waals surface area contributed by atoms with Crippen LogP contribution in [0, 0.1) is 0 Å². The van der Waals surface area contributed by atoms with Gasteiger partial charge in [-0.1, -0.05) is 12.1 Å². The molecule has 0 unspecified atom stereocenters. The maximum absolute atomic E-state index is 11.5. The van der Waals surface area contributed by atoms with E-state index in [0.717, 1.165) is 0 Å². The van der Waals surface area contributed by atoms with Crippen LogP contribution in [0.25, 0.3) is 0 Å². The second-order valence-corrected chi connectivity index (χ2v) is 2.99. The Kier molecular flexibility index (Phi) is 7.87. The van der Waals surface area contributed by atoms with Gasteiger partial charge in [-0.25, -0.2) is 9.59 Å². The molecule has 0 aliphatic rings. The van der Waals surface area contributed by atoms with Gasteiger partial charge in [-0.3, -0.25) is 0 Å². The summed E-state index contributed by atoms with van der Waals surface area (Å²) in [6.07, 6.45) is 0. The molecule has 0 saturated heterocycles. The van der Waals surface area contributed by atoms with Gasteiger partial charge in [0, 0.05) is 0 Å². The summed E-state index contributed by atoms with van der Waals surface area (Å²) >= 11 is 0. The first kappa shape index (κ1) is 16.2. The van der Waals surface area contributed by atoms with E-state index >= 15 is 0 Å². The standard InChI is InChI=1S/C12H14O4.Na.H/c1-3-15-11(13)9-7-5-6-8-10(9)12(14)16-4-2;;/h5-8H,3-4H2,1-2H3;;. The molecule has 5 heteroatoms. The summed E-state index contributed by atoms with van der Waals surface area (Å²) in [7, 11) is 0. The predicted octanol–water partition coefficient (Wildman–Crippen LogP) is 1.39. The summed E-state index contributed by atoms with van der Waals surface area (Å²) < 4.78 is 9.70. The summed E-state index contributed by atoms with van der Waals surface area (Å²) in [6, 6.07) is 6.44. The number of carbonyl (C=O) groups excluding carboxylic acids is 2. The van der Waals surface area contributed by atoms with E-state index in [1.807, 2.05) is 0 Å². The van der Waals surface area contributed by atoms with Crippen molar-refractivity contribution in [3.05, 3.63) is 35.4 Å². The second-order valence-electron chi connectivity index (χ2n) is 2.99. The van der Waals surface area contributed by atoms with E-state index in [1.165, 1.54) is 0 Å². The zero-order chi connectivity index (χ0) is 12.0. The normalized spacial score (nSPS) is 9.06. The van der Waals surface area contributed by atoms with Crippen molar-refractivity contribution in [3.8, 4) is 0 Å².